The third kappa shape index (κ3) is 3.53. The first kappa shape index (κ1) is 15.3. The van der Waals surface area contributed by atoms with E-state index in [9.17, 15) is 4.79 Å². The van der Waals surface area contributed by atoms with Crippen molar-refractivity contribution in [1.29, 1.82) is 0 Å². The first-order valence-electron chi connectivity index (χ1n) is 7.41. The van der Waals surface area contributed by atoms with Crippen molar-refractivity contribution in [2.45, 2.75) is 38.1 Å². The summed E-state index contributed by atoms with van der Waals surface area (Å²) in [5.41, 5.74) is 2.85. The Kier molecular flexibility index (Phi) is 5.44. The molecule has 2 aliphatic rings. The highest BCUT2D eigenvalue weighted by Gasteiger charge is 2.25. The number of amides is 1. The monoisotopic (exact) mass is 294 g/mol. The van der Waals surface area contributed by atoms with Gasteiger partial charge in [0.25, 0.3) is 0 Å². The lowest BCUT2D eigenvalue weighted by molar-refractivity contribution is -0.126. The summed E-state index contributed by atoms with van der Waals surface area (Å²) in [5.74, 6) is 0.419. The van der Waals surface area contributed by atoms with Gasteiger partial charge in [-0.25, -0.2) is 0 Å². The van der Waals surface area contributed by atoms with Crippen molar-refractivity contribution in [2.24, 2.45) is 5.92 Å². The van der Waals surface area contributed by atoms with Crippen LogP contribution >= 0.6 is 12.4 Å². The van der Waals surface area contributed by atoms with Gasteiger partial charge in [0.05, 0.1) is 5.92 Å². The predicted octanol–water partition coefficient (Wildman–Crippen LogP) is 2.08. The van der Waals surface area contributed by atoms with Crippen molar-refractivity contribution in [2.75, 3.05) is 13.1 Å². The Balaban J connectivity index is 0.00000147. The smallest absolute Gasteiger partial charge is 0.224 e. The Morgan fingerprint density at radius 2 is 2.00 bits per heavy atom. The van der Waals surface area contributed by atoms with Crippen molar-refractivity contribution in [3.05, 3.63) is 35.4 Å². The highest BCUT2D eigenvalue weighted by Crippen LogP contribution is 2.21. The molecule has 0 saturated carbocycles. The number of hydrogen-bond donors (Lipinski definition) is 2. The van der Waals surface area contributed by atoms with Crippen LogP contribution in [0.15, 0.2) is 24.3 Å². The van der Waals surface area contributed by atoms with Gasteiger partial charge in [-0.05, 0) is 49.8 Å². The predicted molar refractivity (Wildman–Crippen MR) is 83.2 cm³/mol. The number of hydrogen-bond acceptors (Lipinski definition) is 2. The maximum Gasteiger partial charge on any atom is 0.224 e. The maximum atomic E-state index is 12.2. The van der Waals surface area contributed by atoms with E-state index < -0.39 is 0 Å². The molecule has 1 aliphatic heterocycles. The largest absolute Gasteiger partial charge is 0.353 e. The fourth-order valence-corrected chi connectivity index (χ4v) is 3.22. The summed E-state index contributed by atoms with van der Waals surface area (Å²) in [6, 6.07) is 8.91. The molecule has 0 spiro atoms. The summed E-state index contributed by atoms with van der Waals surface area (Å²) >= 11 is 0. The summed E-state index contributed by atoms with van der Waals surface area (Å²) in [6.45, 7) is 1.90. The molecule has 20 heavy (non-hydrogen) atoms. The second-order valence-electron chi connectivity index (χ2n) is 5.76. The number of aryl methyl sites for hydroxylation is 1. The van der Waals surface area contributed by atoms with Crippen LogP contribution in [0.5, 0.6) is 0 Å². The van der Waals surface area contributed by atoms with Crippen LogP contribution < -0.4 is 10.6 Å². The van der Waals surface area contributed by atoms with Crippen molar-refractivity contribution in [1.82, 2.24) is 10.6 Å². The number of fused-ring (bicyclic) bond motifs is 1. The minimum Gasteiger partial charge on any atom is -0.353 e. The normalized spacial score (nSPS) is 25.2. The highest BCUT2D eigenvalue weighted by molar-refractivity contribution is 5.85. The van der Waals surface area contributed by atoms with Gasteiger partial charge in [0.15, 0.2) is 0 Å². The third-order valence-corrected chi connectivity index (χ3v) is 4.36. The number of rotatable bonds is 2. The SMILES string of the molecule is Cl.O=C(NC1CCc2ccccc2C1)C1CCCNC1. The molecule has 2 atom stereocenters. The Morgan fingerprint density at radius 1 is 1.20 bits per heavy atom. The van der Waals surface area contributed by atoms with E-state index in [1.165, 1.54) is 11.1 Å². The van der Waals surface area contributed by atoms with Crippen molar-refractivity contribution in [3.8, 4) is 0 Å². The summed E-state index contributed by atoms with van der Waals surface area (Å²) in [5, 5.41) is 6.56. The van der Waals surface area contributed by atoms with Crippen LogP contribution in [0.4, 0.5) is 0 Å². The minimum atomic E-state index is 0. The van der Waals surface area contributed by atoms with Crippen LogP contribution in [-0.2, 0) is 17.6 Å². The molecule has 1 aromatic rings. The summed E-state index contributed by atoms with van der Waals surface area (Å²) < 4.78 is 0. The van der Waals surface area contributed by atoms with E-state index >= 15 is 0 Å². The van der Waals surface area contributed by atoms with E-state index in [1.54, 1.807) is 0 Å². The quantitative estimate of drug-likeness (QED) is 0.877. The standard InChI is InChI=1S/C16H22N2O.ClH/c19-16(14-6-3-9-17-11-14)18-15-8-7-12-4-1-2-5-13(12)10-15;/h1-2,4-5,14-15,17H,3,6-11H2,(H,18,19);1H. The van der Waals surface area contributed by atoms with Gasteiger partial charge in [-0.2, -0.15) is 0 Å². The van der Waals surface area contributed by atoms with E-state index in [1.807, 2.05) is 0 Å². The lowest BCUT2D eigenvalue weighted by atomic mass is 9.88. The number of nitrogens with one attached hydrogen (secondary N) is 2. The van der Waals surface area contributed by atoms with Crippen molar-refractivity contribution < 1.29 is 4.79 Å². The molecule has 3 rings (SSSR count). The maximum absolute atomic E-state index is 12.2. The number of carbonyl (C=O) groups is 1. The third-order valence-electron chi connectivity index (χ3n) is 4.36. The van der Waals surface area contributed by atoms with Gasteiger partial charge < -0.3 is 10.6 Å². The zero-order valence-electron chi connectivity index (χ0n) is 11.7. The van der Waals surface area contributed by atoms with Gasteiger partial charge in [-0.15, -0.1) is 12.4 Å². The fraction of sp³-hybridized carbons (Fsp3) is 0.562. The van der Waals surface area contributed by atoms with Gasteiger partial charge in [0.2, 0.25) is 5.91 Å². The zero-order valence-corrected chi connectivity index (χ0v) is 12.5. The van der Waals surface area contributed by atoms with E-state index in [2.05, 4.69) is 34.9 Å². The molecule has 0 aromatic heterocycles. The Bertz CT molecular complexity index is 458. The number of carbonyl (C=O) groups excluding carboxylic acids is 1. The molecule has 3 nitrogen and oxygen atoms in total. The molecular weight excluding hydrogens is 272 g/mol. The molecule has 1 aliphatic carbocycles. The van der Waals surface area contributed by atoms with Gasteiger partial charge in [0.1, 0.15) is 0 Å². The molecule has 1 fully saturated rings. The van der Waals surface area contributed by atoms with E-state index in [0.717, 1.165) is 45.2 Å². The Morgan fingerprint density at radius 3 is 2.75 bits per heavy atom. The lowest BCUT2D eigenvalue weighted by Crippen LogP contribution is -2.46. The van der Waals surface area contributed by atoms with E-state index in [0.29, 0.717) is 6.04 Å². The number of benzene rings is 1. The Labute approximate surface area is 126 Å². The second-order valence-corrected chi connectivity index (χ2v) is 5.76. The van der Waals surface area contributed by atoms with Crippen LogP contribution in [0.25, 0.3) is 0 Å². The van der Waals surface area contributed by atoms with Crippen LogP contribution in [0, 0.1) is 5.92 Å². The molecule has 2 N–H and O–H groups in total. The average Bonchev–Trinajstić information content (AvgIpc) is 2.48. The highest BCUT2D eigenvalue weighted by atomic mass is 35.5. The fourth-order valence-electron chi connectivity index (χ4n) is 3.22. The topological polar surface area (TPSA) is 41.1 Å². The van der Waals surface area contributed by atoms with Gasteiger partial charge in [0, 0.05) is 12.6 Å². The molecule has 0 radical (unpaired) electrons. The molecule has 1 aromatic carbocycles. The summed E-state index contributed by atoms with van der Waals surface area (Å²) in [4.78, 5) is 12.2. The molecule has 110 valence electrons. The van der Waals surface area contributed by atoms with Gasteiger partial charge in [-0.3, -0.25) is 4.79 Å². The van der Waals surface area contributed by atoms with Gasteiger partial charge >= 0.3 is 0 Å². The Hall–Kier alpha value is -1.06. The van der Waals surface area contributed by atoms with Crippen molar-refractivity contribution in [3.63, 3.8) is 0 Å². The van der Waals surface area contributed by atoms with E-state index in [4.69, 9.17) is 0 Å². The second kappa shape index (κ2) is 7.09. The molecule has 1 saturated heterocycles. The van der Waals surface area contributed by atoms with Crippen LogP contribution in [0.1, 0.15) is 30.4 Å². The van der Waals surface area contributed by atoms with Crippen LogP contribution in [-0.4, -0.2) is 25.0 Å². The molecule has 2 unspecified atom stereocenters. The van der Waals surface area contributed by atoms with Crippen LogP contribution in [0.3, 0.4) is 0 Å². The summed E-state index contributed by atoms with van der Waals surface area (Å²) in [6.07, 6.45) is 5.29. The molecule has 1 heterocycles. The lowest BCUT2D eigenvalue weighted by Gasteiger charge is -2.28. The first-order valence-corrected chi connectivity index (χ1v) is 7.41. The number of piperidine rings is 1. The van der Waals surface area contributed by atoms with Gasteiger partial charge in [-0.1, -0.05) is 24.3 Å². The molecule has 1 amide bonds. The van der Waals surface area contributed by atoms with Crippen molar-refractivity contribution >= 4 is 18.3 Å². The summed E-state index contributed by atoms with van der Waals surface area (Å²) in [7, 11) is 0. The zero-order chi connectivity index (χ0) is 13.1. The average molecular weight is 295 g/mol. The molecule has 4 heteroatoms. The first-order chi connectivity index (χ1) is 9.33. The molecular formula is C16H23ClN2O. The van der Waals surface area contributed by atoms with Crippen LogP contribution in [0.2, 0.25) is 0 Å². The molecule has 0 bridgehead atoms. The number of halogens is 1. The minimum absolute atomic E-state index is 0. The van der Waals surface area contributed by atoms with E-state index in [-0.39, 0.29) is 24.2 Å².